The number of carbonyl (C=O) groups is 2. The Hall–Kier alpha value is -3.90. The Morgan fingerprint density at radius 2 is 1.66 bits per heavy atom. The van der Waals surface area contributed by atoms with E-state index in [-0.39, 0.29) is 17.9 Å². The number of ketones is 1. The van der Waals surface area contributed by atoms with Crippen molar-refractivity contribution in [3.8, 4) is 5.75 Å². The summed E-state index contributed by atoms with van der Waals surface area (Å²) in [6, 6.07) is 23.6. The first-order chi connectivity index (χ1) is 19.9. The Morgan fingerprint density at radius 1 is 0.902 bits per heavy atom. The lowest BCUT2D eigenvalue weighted by Gasteiger charge is -2.20. The maximum absolute atomic E-state index is 13.6. The van der Waals surface area contributed by atoms with Gasteiger partial charge in [0.1, 0.15) is 11.9 Å². The van der Waals surface area contributed by atoms with Crippen LogP contribution in [0.1, 0.15) is 79.4 Å². The van der Waals surface area contributed by atoms with Gasteiger partial charge in [0.25, 0.3) is 0 Å². The van der Waals surface area contributed by atoms with Crippen molar-refractivity contribution in [2.75, 3.05) is 19.8 Å². The number of pyridine rings is 1. The molecule has 2 heterocycles. The summed E-state index contributed by atoms with van der Waals surface area (Å²) < 4.78 is 19.1. The molecule has 0 N–H and O–H groups in total. The molecule has 0 fully saturated rings. The fraction of sp³-hybridized carbons (Fsp3) is 0.371. The number of esters is 1. The van der Waals surface area contributed by atoms with Gasteiger partial charge < -0.3 is 18.6 Å². The lowest BCUT2D eigenvalue weighted by molar-refractivity contribution is -0.143. The summed E-state index contributed by atoms with van der Waals surface area (Å²) in [5, 5.41) is 0. The van der Waals surface area contributed by atoms with E-state index < -0.39 is 0 Å². The van der Waals surface area contributed by atoms with Gasteiger partial charge >= 0.3 is 5.97 Å². The molecule has 2 aromatic carbocycles. The van der Waals surface area contributed by atoms with Crippen molar-refractivity contribution in [1.29, 1.82) is 0 Å². The number of aromatic nitrogens is 1. The molecule has 0 unspecified atom stereocenters. The lowest BCUT2D eigenvalue weighted by Crippen LogP contribution is -2.15. The number of hydrogen-bond donors (Lipinski definition) is 0. The van der Waals surface area contributed by atoms with E-state index in [2.05, 4.69) is 38.1 Å². The Balaban J connectivity index is 1.48. The molecule has 6 nitrogen and oxygen atoms in total. The highest BCUT2D eigenvalue weighted by molar-refractivity contribution is 6.13. The maximum atomic E-state index is 13.6. The first-order valence-corrected chi connectivity index (χ1v) is 14.6. The molecule has 1 atom stereocenters. The average Bonchev–Trinajstić information content (AvgIpc) is 3.34. The summed E-state index contributed by atoms with van der Waals surface area (Å²) in [4.78, 5) is 25.4. The van der Waals surface area contributed by atoms with E-state index >= 15 is 0 Å². The van der Waals surface area contributed by atoms with Crippen molar-refractivity contribution in [2.24, 2.45) is 5.92 Å². The molecule has 0 radical (unpaired) electrons. The standard InChI is InChI=1S/C35H41NO5/c1-5-39-24-33(27-15-13-26(14-16-27)22-25(3)4)41-30-19-17-28(18-20-30)35(38)31-23-29(10-9-12-34(37)40-6-2)36-21-8-7-11-32(31)36/h7-8,11,13-21,23,25,33H,5-6,9-10,12,22,24H2,1-4H3/t33-/m1/s1. The highest BCUT2D eigenvalue weighted by atomic mass is 16.5. The van der Waals surface area contributed by atoms with Gasteiger partial charge in [0, 0.05) is 36.0 Å². The van der Waals surface area contributed by atoms with E-state index in [4.69, 9.17) is 14.2 Å². The molecule has 0 amide bonds. The van der Waals surface area contributed by atoms with Crippen LogP contribution in [0, 0.1) is 5.92 Å². The van der Waals surface area contributed by atoms with Crippen LogP contribution in [0.3, 0.4) is 0 Å². The number of carbonyl (C=O) groups excluding carboxylic acids is 2. The molecule has 0 spiro atoms. The molecule has 0 aliphatic carbocycles. The predicted octanol–water partition coefficient (Wildman–Crippen LogP) is 7.41. The van der Waals surface area contributed by atoms with Gasteiger partial charge in [0.05, 0.1) is 18.7 Å². The summed E-state index contributed by atoms with van der Waals surface area (Å²) in [6.07, 6.45) is 4.42. The van der Waals surface area contributed by atoms with Gasteiger partial charge in [-0.1, -0.05) is 44.2 Å². The molecule has 2 aromatic heterocycles. The minimum Gasteiger partial charge on any atom is -0.483 e. The molecular formula is C35H41NO5. The second-order valence-electron chi connectivity index (χ2n) is 10.6. The third-order valence-corrected chi connectivity index (χ3v) is 6.98. The Morgan fingerprint density at radius 3 is 2.34 bits per heavy atom. The molecule has 216 valence electrons. The van der Waals surface area contributed by atoms with Gasteiger partial charge in [-0.3, -0.25) is 9.59 Å². The Labute approximate surface area is 243 Å². The number of benzene rings is 2. The molecule has 0 saturated heterocycles. The fourth-order valence-electron chi connectivity index (χ4n) is 5.01. The Kier molecular flexibility index (Phi) is 10.7. The lowest BCUT2D eigenvalue weighted by atomic mass is 10.0. The van der Waals surface area contributed by atoms with Crippen LogP contribution in [0.5, 0.6) is 5.75 Å². The van der Waals surface area contributed by atoms with Crippen LogP contribution < -0.4 is 4.74 Å². The third kappa shape index (κ3) is 8.08. The molecule has 0 aliphatic rings. The number of hydrogen-bond acceptors (Lipinski definition) is 5. The average molecular weight is 556 g/mol. The smallest absolute Gasteiger partial charge is 0.305 e. The summed E-state index contributed by atoms with van der Waals surface area (Å²) in [5.41, 5.74) is 5.43. The molecule has 0 saturated carbocycles. The van der Waals surface area contributed by atoms with Gasteiger partial charge in [0.2, 0.25) is 0 Å². The molecule has 4 aromatic rings. The fourth-order valence-corrected chi connectivity index (χ4v) is 5.01. The van der Waals surface area contributed by atoms with Gasteiger partial charge in [-0.05, 0) is 92.6 Å². The molecule has 41 heavy (non-hydrogen) atoms. The van der Waals surface area contributed by atoms with Crippen LogP contribution in [0.25, 0.3) is 5.52 Å². The van der Waals surface area contributed by atoms with Gasteiger partial charge in [-0.15, -0.1) is 0 Å². The summed E-state index contributed by atoms with van der Waals surface area (Å²) in [6.45, 7) is 9.65. The topological polar surface area (TPSA) is 66.2 Å². The minimum absolute atomic E-state index is 0.0523. The van der Waals surface area contributed by atoms with E-state index in [1.807, 2.05) is 66.1 Å². The highest BCUT2D eigenvalue weighted by Crippen LogP contribution is 2.26. The second kappa shape index (κ2) is 14.6. The van der Waals surface area contributed by atoms with Crippen LogP contribution >= 0.6 is 0 Å². The van der Waals surface area contributed by atoms with E-state index in [1.54, 1.807) is 6.92 Å². The quantitative estimate of drug-likeness (QED) is 0.113. The number of fused-ring (bicyclic) bond motifs is 1. The van der Waals surface area contributed by atoms with E-state index in [0.29, 0.717) is 61.9 Å². The zero-order chi connectivity index (χ0) is 29.2. The number of aryl methyl sites for hydroxylation is 1. The van der Waals surface area contributed by atoms with Crippen molar-refractivity contribution >= 4 is 17.3 Å². The normalized spacial score (nSPS) is 12.0. The minimum atomic E-state index is -0.253. The van der Waals surface area contributed by atoms with E-state index in [9.17, 15) is 9.59 Å². The summed E-state index contributed by atoms with van der Waals surface area (Å²) in [5.74, 6) is 1.03. The van der Waals surface area contributed by atoms with Crippen LogP contribution in [0.4, 0.5) is 0 Å². The monoisotopic (exact) mass is 555 g/mol. The van der Waals surface area contributed by atoms with Crippen molar-refractivity contribution < 1.29 is 23.8 Å². The Bertz CT molecular complexity index is 1420. The second-order valence-corrected chi connectivity index (χ2v) is 10.6. The van der Waals surface area contributed by atoms with Crippen LogP contribution in [0.2, 0.25) is 0 Å². The van der Waals surface area contributed by atoms with Gasteiger partial charge in [-0.25, -0.2) is 0 Å². The molecular weight excluding hydrogens is 514 g/mol. The summed E-state index contributed by atoms with van der Waals surface area (Å²) in [7, 11) is 0. The maximum Gasteiger partial charge on any atom is 0.305 e. The highest BCUT2D eigenvalue weighted by Gasteiger charge is 2.19. The van der Waals surface area contributed by atoms with Gasteiger partial charge in [0.15, 0.2) is 5.78 Å². The SMILES string of the molecule is CCOC[C@@H](Oc1ccc(C(=O)c2cc(CCCC(=O)OCC)n3ccccc23)cc1)c1ccc(CC(C)C)cc1. The number of nitrogens with zero attached hydrogens (tertiary/aromatic N) is 1. The van der Waals surface area contributed by atoms with Crippen molar-refractivity contribution in [3.05, 3.63) is 107 Å². The number of ether oxygens (including phenoxy) is 3. The molecule has 0 bridgehead atoms. The van der Waals surface area contributed by atoms with Crippen LogP contribution in [-0.2, 0) is 27.1 Å². The van der Waals surface area contributed by atoms with Crippen LogP contribution in [-0.4, -0.2) is 36.0 Å². The molecule has 4 rings (SSSR count). The zero-order valence-electron chi connectivity index (χ0n) is 24.6. The van der Waals surface area contributed by atoms with Crippen LogP contribution in [0.15, 0.2) is 79.0 Å². The molecule has 6 heteroatoms. The zero-order valence-corrected chi connectivity index (χ0v) is 24.6. The van der Waals surface area contributed by atoms with E-state index in [1.165, 1.54) is 5.56 Å². The predicted molar refractivity (Wildman–Crippen MR) is 162 cm³/mol. The third-order valence-electron chi connectivity index (χ3n) is 6.98. The first-order valence-electron chi connectivity index (χ1n) is 14.6. The molecule has 0 aliphatic heterocycles. The van der Waals surface area contributed by atoms with Crippen molar-refractivity contribution in [2.45, 2.75) is 59.5 Å². The van der Waals surface area contributed by atoms with Crippen molar-refractivity contribution in [3.63, 3.8) is 0 Å². The number of rotatable bonds is 15. The van der Waals surface area contributed by atoms with E-state index in [0.717, 1.165) is 23.2 Å². The first kappa shape index (κ1) is 30.1. The van der Waals surface area contributed by atoms with Gasteiger partial charge in [-0.2, -0.15) is 0 Å². The summed E-state index contributed by atoms with van der Waals surface area (Å²) >= 11 is 0. The van der Waals surface area contributed by atoms with Crippen molar-refractivity contribution in [1.82, 2.24) is 4.40 Å². The largest absolute Gasteiger partial charge is 0.483 e.